The zero-order valence-electron chi connectivity index (χ0n) is 13.6. The third-order valence-electron chi connectivity index (χ3n) is 3.27. The quantitative estimate of drug-likeness (QED) is 0.732. The van der Waals surface area contributed by atoms with Gasteiger partial charge in [-0.05, 0) is 36.4 Å². The van der Waals surface area contributed by atoms with Crippen molar-refractivity contribution in [1.29, 1.82) is 0 Å². The summed E-state index contributed by atoms with van der Waals surface area (Å²) < 4.78 is 5.04. The van der Waals surface area contributed by atoms with Crippen LogP contribution in [0.15, 0.2) is 53.3 Å². The Balaban J connectivity index is 1.70. The largest absolute Gasteiger partial charge is 0.459 e. The van der Waals surface area contributed by atoms with E-state index < -0.39 is 0 Å². The van der Waals surface area contributed by atoms with Gasteiger partial charge >= 0.3 is 0 Å². The fraction of sp³-hybridized carbons (Fsp3) is 0.118. The molecule has 0 aliphatic rings. The van der Waals surface area contributed by atoms with E-state index in [-0.39, 0.29) is 17.6 Å². The summed E-state index contributed by atoms with van der Waals surface area (Å²) in [6.07, 6.45) is 3.09. The molecule has 128 valence electrons. The summed E-state index contributed by atoms with van der Waals surface area (Å²) in [6.45, 7) is 0. The van der Waals surface area contributed by atoms with Crippen molar-refractivity contribution in [3.05, 3.63) is 59.5 Å². The van der Waals surface area contributed by atoms with E-state index in [4.69, 9.17) is 4.42 Å². The van der Waals surface area contributed by atoms with Crippen LogP contribution in [0, 0.1) is 0 Å². The minimum Gasteiger partial charge on any atom is -0.459 e. The Morgan fingerprint density at radius 3 is 2.64 bits per heavy atom. The molecule has 0 atom stereocenters. The fourth-order valence-electron chi connectivity index (χ4n) is 2.14. The van der Waals surface area contributed by atoms with Crippen LogP contribution in [0.5, 0.6) is 0 Å². The van der Waals surface area contributed by atoms with Crippen LogP contribution in [0.3, 0.4) is 0 Å². The van der Waals surface area contributed by atoms with E-state index in [1.807, 2.05) is 19.0 Å². The summed E-state index contributed by atoms with van der Waals surface area (Å²) in [5, 5.41) is 6.10. The number of carbonyl (C=O) groups is 2. The van der Waals surface area contributed by atoms with E-state index >= 15 is 0 Å². The summed E-state index contributed by atoms with van der Waals surface area (Å²) >= 11 is 1.18. The molecule has 0 unspecified atom stereocenters. The van der Waals surface area contributed by atoms with Gasteiger partial charge in [-0.1, -0.05) is 0 Å². The highest BCUT2D eigenvalue weighted by Gasteiger charge is 2.15. The van der Waals surface area contributed by atoms with Crippen LogP contribution in [-0.2, 0) is 0 Å². The molecule has 2 N–H and O–H groups in total. The smallest absolute Gasteiger partial charge is 0.291 e. The lowest BCUT2D eigenvalue weighted by Gasteiger charge is -2.15. The Morgan fingerprint density at radius 2 is 1.92 bits per heavy atom. The topological polar surface area (TPSA) is 87.5 Å². The van der Waals surface area contributed by atoms with Crippen molar-refractivity contribution < 1.29 is 14.0 Å². The number of rotatable bonds is 5. The summed E-state index contributed by atoms with van der Waals surface area (Å²) in [4.78, 5) is 30.9. The fourth-order valence-corrected chi connectivity index (χ4v) is 2.94. The molecule has 8 heteroatoms. The minimum absolute atomic E-state index is 0.213. The lowest BCUT2D eigenvalue weighted by molar-refractivity contribution is 0.0995. The Morgan fingerprint density at radius 1 is 1.08 bits per heavy atom. The molecule has 0 bridgehead atoms. The van der Waals surface area contributed by atoms with Gasteiger partial charge in [0.25, 0.3) is 11.8 Å². The van der Waals surface area contributed by atoms with Crippen molar-refractivity contribution in [1.82, 2.24) is 4.98 Å². The Kier molecular flexibility index (Phi) is 4.80. The minimum atomic E-state index is -0.360. The average molecular weight is 356 g/mol. The molecule has 3 aromatic rings. The Hall–Kier alpha value is -3.13. The molecule has 0 aliphatic carbocycles. The van der Waals surface area contributed by atoms with Crippen LogP contribution < -0.4 is 15.5 Å². The van der Waals surface area contributed by atoms with Gasteiger partial charge in [0.05, 0.1) is 21.8 Å². The van der Waals surface area contributed by atoms with Gasteiger partial charge in [0.1, 0.15) is 0 Å². The first-order valence-corrected chi connectivity index (χ1v) is 8.24. The molecule has 0 aliphatic heterocycles. The van der Waals surface area contributed by atoms with Gasteiger partial charge < -0.3 is 20.0 Å². The maximum Gasteiger partial charge on any atom is 0.291 e. The van der Waals surface area contributed by atoms with Crippen molar-refractivity contribution in [3.63, 3.8) is 0 Å². The molecule has 0 radical (unpaired) electrons. The highest BCUT2D eigenvalue weighted by atomic mass is 32.1. The Labute approximate surface area is 148 Å². The summed E-state index contributed by atoms with van der Waals surface area (Å²) in [6, 6.07) is 10.1. The highest BCUT2D eigenvalue weighted by molar-refractivity contribution is 7.18. The van der Waals surface area contributed by atoms with Crippen LogP contribution >= 0.6 is 11.3 Å². The van der Waals surface area contributed by atoms with Crippen molar-refractivity contribution in [2.45, 2.75) is 0 Å². The van der Waals surface area contributed by atoms with Crippen molar-refractivity contribution in [3.8, 4) is 0 Å². The van der Waals surface area contributed by atoms with E-state index in [0.29, 0.717) is 21.4 Å². The van der Waals surface area contributed by atoms with Gasteiger partial charge in [-0.15, -0.1) is 11.3 Å². The van der Waals surface area contributed by atoms with Crippen molar-refractivity contribution in [2.75, 3.05) is 29.6 Å². The molecule has 3 aromatic heterocycles. The number of pyridine rings is 1. The third kappa shape index (κ3) is 3.86. The zero-order valence-corrected chi connectivity index (χ0v) is 14.5. The van der Waals surface area contributed by atoms with Crippen LogP contribution in [0.4, 0.5) is 16.5 Å². The SMILES string of the molecule is CN(C)c1ncccc1NC(=O)c1ccc(NC(=O)c2ccco2)s1. The van der Waals surface area contributed by atoms with Crippen molar-refractivity contribution >= 4 is 39.7 Å². The lowest BCUT2D eigenvalue weighted by Crippen LogP contribution is -2.17. The predicted molar refractivity (Wildman–Crippen MR) is 97.5 cm³/mol. The van der Waals surface area contributed by atoms with E-state index in [1.165, 1.54) is 17.6 Å². The second kappa shape index (κ2) is 7.18. The first kappa shape index (κ1) is 16.7. The number of aromatic nitrogens is 1. The number of hydrogen-bond acceptors (Lipinski definition) is 6. The maximum absolute atomic E-state index is 12.4. The molecule has 3 heterocycles. The van der Waals surface area contributed by atoms with Crippen LogP contribution in [0.2, 0.25) is 0 Å². The van der Waals surface area contributed by atoms with E-state index in [2.05, 4.69) is 15.6 Å². The summed E-state index contributed by atoms with van der Waals surface area (Å²) in [7, 11) is 3.71. The van der Waals surface area contributed by atoms with Gasteiger partial charge in [-0.3, -0.25) is 9.59 Å². The molecule has 0 aromatic carbocycles. The number of amides is 2. The number of carbonyl (C=O) groups excluding carboxylic acids is 2. The van der Waals surface area contributed by atoms with Crippen LogP contribution in [-0.4, -0.2) is 30.9 Å². The second-order valence-electron chi connectivity index (χ2n) is 5.32. The van der Waals surface area contributed by atoms with E-state index in [9.17, 15) is 9.59 Å². The number of hydrogen-bond donors (Lipinski definition) is 2. The number of nitrogens with one attached hydrogen (secondary N) is 2. The van der Waals surface area contributed by atoms with Crippen LogP contribution in [0.25, 0.3) is 0 Å². The van der Waals surface area contributed by atoms with E-state index in [0.717, 1.165) is 0 Å². The molecule has 25 heavy (non-hydrogen) atoms. The lowest BCUT2D eigenvalue weighted by atomic mass is 10.3. The zero-order chi connectivity index (χ0) is 17.8. The molecule has 0 saturated heterocycles. The predicted octanol–water partition coefficient (Wildman–Crippen LogP) is 3.31. The van der Waals surface area contributed by atoms with Gasteiger partial charge in [-0.2, -0.15) is 0 Å². The molecule has 7 nitrogen and oxygen atoms in total. The van der Waals surface area contributed by atoms with Gasteiger partial charge in [-0.25, -0.2) is 4.98 Å². The number of anilines is 3. The molecule has 0 spiro atoms. The molecule has 3 rings (SSSR count). The molecule has 0 saturated carbocycles. The maximum atomic E-state index is 12.4. The normalized spacial score (nSPS) is 10.3. The van der Waals surface area contributed by atoms with Gasteiger partial charge in [0.15, 0.2) is 11.6 Å². The summed E-state index contributed by atoms with van der Waals surface area (Å²) in [5.41, 5.74) is 0.618. The number of nitrogens with zero attached hydrogens (tertiary/aromatic N) is 2. The van der Waals surface area contributed by atoms with Crippen LogP contribution in [0.1, 0.15) is 20.2 Å². The highest BCUT2D eigenvalue weighted by Crippen LogP contribution is 2.26. The summed E-state index contributed by atoms with van der Waals surface area (Å²) in [5.74, 6) is 0.254. The molecular weight excluding hydrogens is 340 g/mol. The Bertz CT molecular complexity index is 887. The first-order valence-electron chi connectivity index (χ1n) is 7.43. The standard InChI is InChI=1S/C17H16N4O3S/c1-21(2)15-11(5-3-9-18-15)19-17(23)13-7-8-14(25-13)20-16(22)12-6-4-10-24-12/h3-10H,1-2H3,(H,19,23)(H,20,22). The molecule has 0 fully saturated rings. The second-order valence-corrected chi connectivity index (χ2v) is 6.40. The van der Waals surface area contributed by atoms with Gasteiger partial charge in [0.2, 0.25) is 0 Å². The van der Waals surface area contributed by atoms with E-state index in [1.54, 1.807) is 42.6 Å². The molecule has 2 amide bonds. The average Bonchev–Trinajstić information content (AvgIpc) is 3.27. The monoisotopic (exact) mass is 356 g/mol. The number of furan rings is 1. The molecular formula is C17H16N4O3S. The van der Waals surface area contributed by atoms with Crippen molar-refractivity contribution in [2.24, 2.45) is 0 Å². The first-order chi connectivity index (χ1) is 12.0. The third-order valence-corrected chi connectivity index (χ3v) is 4.27. The number of thiophene rings is 1. The van der Waals surface area contributed by atoms with Gasteiger partial charge in [0, 0.05) is 20.3 Å².